The number of hydrogen-bond donors (Lipinski definition) is 2. The Morgan fingerprint density at radius 3 is 2.90 bits per heavy atom. The van der Waals surface area contributed by atoms with Crippen molar-refractivity contribution >= 4 is 17.5 Å². The number of aryl methyl sites for hydroxylation is 1. The van der Waals surface area contributed by atoms with Gasteiger partial charge in [-0.1, -0.05) is 0 Å². The minimum Gasteiger partial charge on any atom is -0.385 e. The van der Waals surface area contributed by atoms with Crippen molar-refractivity contribution in [3.8, 4) is 0 Å². The zero-order chi connectivity index (χ0) is 14.7. The van der Waals surface area contributed by atoms with Crippen LogP contribution in [0, 0.1) is 6.92 Å². The van der Waals surface area contributed by atoms with Crippen molar-refractivity contribution in [2.75, 3.05) is 25.0 Å². The third kappa shape index (κ3) is 2.76. The molecule has 0 aliphatic carbocycles. The maximum absolute atomic E-state index is 12.5. The number of nitrogens with one attached hydrogen (secondary N) is 2. The lowest BCUT2D eigenvalue weighted by Crippen LogP contribution is -2.55. The number of rotatable bonds is 3. The summed E-state index contributed by atoms with van der Waals surface area (Å²) >= 11 is 0. The normalized spacial score (nSPS) is 18.6. The number of nitrogens with zero attached hydrogens (tertiary/aromatic N) is 1. The molecule has 0 spiro atoms. The van der Waals surface area contributed by atoms with Crippen LogP contribution in [0.3, 0.4) is 0 Å². The van der Waals surface area contributed by atoms with Gasteiger partial charge in [-0.15, -0.1) is 0 Å². The van der Waals surface area contributed by atoms with E-state index in [0.717, 1.165) is 17.8 Å². The quantitative estimate of drug-likeness (QED) is 0.876. The fourth-order valence-corrected chi connectivity index (χ4v) is 2.41. The zero-order valence-electron chi connectivity index (χ0n) is 12.2. The second-order valence-corrected chi connectivity index (χ2v) is 5.03. The Balaban J connectivity index is 2.20. The van der Waals surface area contributed by atoms with Gasteiger partial charge in [0.1, 0.15) is 6.04 Å². The van der Waals surface area contributed by atoms with Gasteiger partial charge in [-0.3, -0.25) is 9.59 Å². The van der Waals surface area contributed by atoms with E-state index in [4.69, 9.17) is 0 Å². The number of benzene rings is 1. The van der Waals surface area contributed by atoms with E-state index in [2.05, 4.69) is 10.6 Å². The molecule has 1 atom stereocenters. The van der Waals surface area contributed by atoms with Crippen LogP contribution in [0.4, 0.5) is 5.69 Å². The third-order valence-corrected chi connectivity index (χ3v) is 3.60. The molecule has 1 fully saturated rings. The molecule has 1 aliphatic heterocycles. The number of hydrogen-bond acceptors (Lipinski definition) is 3. The first-order valence-electron chi connectivity index (χ1n) is 6.97. The highest BCUT2D eigenvalue weighted by atomic mass is 16.2. The summed E-state index contributed by atoms with van der Waals surface area (Å²) in [6.07, 6.45) is 0. The molecule has 2 amide bonds. The molecular weight excluding hydrogens is 254 g/mol. The highest BCUT2D eigenvalue weighted by Gasteiger charge is 2.29. The summed E-state index contributed by atoms with van der Waals surface area (Å²) in [6.45, 7) is 7.68. The van der Waals surface area contributed by atoms with Gasteiger partial charge in [-0.05, 0) is 44.5 Å². The summed E-state index contributed by atoms with van der Waals surface area (Å²) in [6, 6.07) is 5.19. The maximum Gasteiger partial charge on any atom is 0.254 e. The van der Waals surface area contributed by atoms with Gasteiger partial charge >= 0.3 is 0 Å². The van der Waals surface area contributed by atoms with Gasteiger partial charge in [0.2, 0.25) is 5.91 Å². The van der Waals surface area contributed by atoms with Gasteiger partial charge in [-0.2, -0.15) is 0 Å². The van der Waals surface area contributed by atoms with Crippen LogP contribution in [0.25, 0.3) is 0 Å². The fourth-order valence-electron chi connectivity index (χ4n) is 2.41. The molecule has 1 aliphatic rings. The number of carbonyl (C=O) groups excluding carboxylic acids is 2. The molecule has 1 unspecified atom stereocenters. The second-order valence-electron chi connectivity index (χ2n) is 5.03. The maximum atomic E-state index is 12.5. The molecule has 5 nitrogen and oxygen atoms in total. The Bertz CT molecular complexity index is 528. The standard InChI is InChI=1S/C15H21N3O2/c1-4-16-13-6-5-12(9-10(13)2)15(20)18-8-7-17-14(19)11(18)3/h5-6,9,11,16H,4,7-8H2,1-3H3,(H,17,19). The van der Waals surface area contributed by atoms with Crippen LogP contribution in [-0.4, -0.2) is 42.4 Å². The largest absolute Gasteiger partial charge is 0.385 e. The van der Waals surface area contributed by atoms with E-state index < -0.39 is 6.04 Å². The van der Waals surface area contributed by atoms with E-state index in [1.807, 2.05) is 32.0 Å². The molecule has 1 heterocycles. The Hall–Kier alpha value is -2.04. The molecule has 20 heavy (non-hydrogen) atoms. The molecule has 5 heteroatoms. The van der Waals surface area contributed by atoms with E-state index in [1.165, 1.54) is 0 Å². The van der Waals surface area contributed by atoms with Crippen LogP contribution < -0.4 is 10.6 Å². The van der Waals surface area contributed by atoms with E-state index >= 15 is 0 Å². The van der Waals surface area contributed by atoms with Crippen molar-refractivity contribution in [3.05, 3.63) is 29.3 Å². The molecule has 0 radical (unpaired) electrons. The smallest absolute Gasteiger partial charge is 0.254 e. The van der Waals surface area contributed by atoms with Crippen LogP contribution >= 0.6 is 0 Å². The summed E-state index contributed by atoms with van der Waals surface area (Å²) in [5.41, 5.74) is 2.70. The lowest BCUT2D eigenvalue weighted by Gasteiger charge is -2.33. The highest BCUT2D eigenvalue weighted by Crippen LogP contribution is 2.18. The Labute approximate surface area is 119 Å². The minimum atomic E-state index is -0.412. The molecule has 0 saturated carbocycles. The van der Waals surface area contributed by atoms with Crippen molar-refractivity contribution < 1.29 is 9.59 Å². The summed E-state index contributed by atoms with van der Waals surface area (Å²) in [5, 5.41) is 6.01. The average Bonchev–Trinajstić information content (AvgIpc) is 2.43. The molecule has 1 aromatic rings. The van der Waals surface area contributed by atoms with E-state index in [9.17, 15) is 9.59 Å². The summed E-state index contributed by atoms with van der Waals surface area (Å²) in [5.74, 6) is -0.177. The Morgan fingerprint density at radius 2 is 2.25 bits per heavy atom. The number of piperazine rings is 1. The van der Waals surface area contributed by atoms with Crippen LogP contribution in [-0.2, 0) is 4.79 Å². The van der Waals surface area contributed by atoms with Gasteiger partial charge in [0, 0.05) is 30.9 Å². The predicted octanol–water partition coefficient (Wildman–Crippen LogP) is 1.39. The van der Waals surface area contributed by atoms with Crippen molar-refractivity contribution in [2.24, 2.45) is 0 Å². The molecule has 0 aromatic heterocycles. The predicted molar refractivity (Wildman–Crippen MR) is 78.9 cm³/mol. The lowest BCUT2D eigenvalue weighted by molar-refractivity contribution is -0.127. The summed E-state index contributed by atoms with van der Waals surface area (Å²) < 4.78 is 0. The zero-order valence-corrected chi connectivity index (χ0v) is 12.2. The summed E-state index contributed by atoms with van der Waals surface area (Å²) in [7, 11) is 0. The van der Waals surface area contributed by atoms with Crippen LogP contribution in [0.5, 0.6) is 0 Å². The molecule has 0 bridgehead atoms. The monoisotopic (exact) mass is 275 g/mol. The SMILES string of the molecule is CCNc1ccc(C(=O)N2CCNC(=O)C2C)cc1C. The molecular formula is C15H21N3O2. The minimum absolute atomic E-state index is 0.0847. The van der Waals surface area contributed by atoms with Crippen molar-refractivity contribution in [3.63, 3.8) is 0 Å². The molecule has 108 valence electrons. The Morgan fingerprint density at radius 1 is 1.50 bits per heavy atom. The fraction of sp³-hybridized carbons (Fsp3) is 0.467. The number of carbonyl (C=O) groups is 2. The molecule has 2 rings (SSSR count). The average molecular weight is 275 g/mol. The van der Waals surface area contributed by atoms with Gasteiger partial charge < -0.3 is 15.5 Å². The van der Waals surface area contributed by atoms with E-state index in [0.29, 0.717) is 18.7 Å². The van der Waals surface area contributed by atoms with Crippen molar-refractivity contribution in [1.29, 1.82) is 0 Å². The topological polar surface area (TPSA) is 61.4 Å². The Kier molecular flexibility index (Phi) is 4.27. The first-order chi connectivity index (χ1) is 9.54. The summed E-state index contributed by atoms with van der Waals surface area (Å²) in [4.78, 5) is 25.8. The highest BCUT2D eigenvalue weighted by molar-refractivity contribution is 5.98. The molecule has 2 N–H and O–H groups in total. The first-order valence-corrected chi connectivity index (χ1v) is 6.97. The number of amides is 2. The van der Waals surface area contributed by atoms with Crippen molar-refractivity contribution in [2.45, 2.75) is 26.8 Å². The molecule has 1 aromatic carbocycles. The lowest BCUT2D eigenvalue weighted by atomic mass is 10.1. The second kappa shape index (κ2) is 5.94. The van der Waals surface area contributed by atoms with Crippen LogP contribution in [0.2, 0.25) is 0 Å². The van der Waals surface area contributed by atoms with Gasteiger partial charge in [0.15, 0.2) is 0 Å². The van der Waals surface area contributed by atoms with Gasteiger partial charge in [0.25, 0.3) is 5.91 Å². The number of anilines is 1. The van der Waals surface area contributed by atoms with Crippen LogP contribution in [0.15, 0.2) is 18.2 Å². The first kappa shape index (κ1) is 14.4. The van der Waals surface area contributed by atoms with Gasteiger partial charge in [-0.25, -0.2) is 0 Å². The molecule has 1 saturated heterocycles. The van der Waals surface area contributed by atoms with Crippen molar-refractivity contribution in [1.82, 2.24) is 10.2 Å². The van der Waals surface area contributed by atoms with E-state index in [1.54, 1.807) is 11.8 Å². The van der Waals surface area contributed by atoms with Gasteiger partial charge in [0.05, 0.1) is 0 Å². The van der Waals surface area contributed by atoms with E-state index in [-0.39, 0.29) is 11.8 Å². The third-order valence-electron chi connectivity index (χ3n) is 3.60. The van der Waals surface area contributed by atoms with Crippen LogP contribution in [0.1, 0.15) is 29.8 Å².